The van der Waals surface area contributed by atoms with E-state index in [0.717, 1.165) is 12.8 Å². The number of hydrogen-bond acceptors (Lipinski definition) is 2. The van der Waals surface area contributed by atoms with E-state index in [1.165, 1.54) is 23.8 Å². The van der Waals surface area contributed by atoms with Crippen molar-refractivity contribution in [2.75, 3.05) is 0 Å². The summed E-state index contributed by atoms with van der Waals surface area (Å²) in [6.45, 7) is 3.87. The van der Waals surface area contributed by atoms with Crippen molar-refractivity contribution in [3.8, 4) is 0 Å². The normalized spacial score (nSPS) is 12.3. The van der Waals surface area contributed by atoms with Gasteiger partial charge >= 0.3 is 0 Å². The van der Waals surface area contributed by atoms with Gasteiger partial charge < -0.3 is 0 Å². The number of hydrogen-bond donors (Lipinski definition) is 0. The van der Waals surface area contributed by atoms with E-state index < -0.39 is 5.92 Å². The molecule has 0 aliphatic carbocycles. The third-order valence-electron chi connectivity index (χ3n) is 3.24. The summed E-state index contributed by atoms with van der Waals surface area (Å²) in [7, 11) is 0. The van der Waals surface area contributed by atoms with Gasteiger partial charge in [-0.15, -0.1) is 0 Å². The first-order valence-electron chi connectivity index (χ1n) is 6.86. The summed E-state index contributed by atoms with van der Waals surface area (Å²) in [5.41, 5.74) is 0. The number of rotatable bonds is 8. The Morgan fingerprint density at radius 1 is 1.06 bits per heavy atom. The van der Waals surface area contributed by atoms with Gasteiger partial charge in [0, 0.05) is 18.8 Å². The van der Waals surface area contributed by atoms with E-state index in [-0.39, 0.29) is 11.7 Å². The van der Waals surface area contributed by atoms with Gasteiger partial charge in [-0.1, -0.05) is 32.6 Å². The van der Waals surface area contributed by atoms with Crippen LogP contribution in [0.5, 0.6) is 0 Å². The summed E-state index contributed by atoms with van der Waals surface area (Å²) in [5.74, 6) is -0.590. The maximum Gasteiger partial charge on any atom is 0.240 e. The van der Waals surface area contributed by atoms with Gasteiger partial charge in [-0.05, 0) is 25.5 Å². The van der Waals surface area contributed by atoms with Gasteiger partial charge in [0.05, 0.1) is 5.92 Å². The van der Waals surface area contributed by atoms with Crippen molar-refractivity contribution in [2.45, 2.75) is 52.4 Å². The molecule has 0 aliphatic heterocycles. The molecule has 3 heteroatoms. The van der Waals surface area contributed by atoms with Gasteiger partial charge in [0.1, 0.15) is 5.78 Å². The Bertz CT molecular complexity index is 368. The lowest BCUT2D eigenvalue weighted by atomic mass is 9.99. The fourth-order valence-electron chi connectivity index (χ4n) is 1.96. The van der Waals surface area contributed by atoms with Crippen LogP contribution in [0.3, 0.4) is 0 Å². The first kappa shape index (κ1) is 14.7. The minimum Gasteiger partial charge on any atom is -0.299 e. The predicted molar refractivity (Wildman–Crippen MR) is 72.6 cm³/mol. The molecule has 1 aromatic heterocycles. The molecular formula is C15H23NO2. The van der Waals surface area contributed by atoms with Crippen LogP contribution < -0.4 is 0 Å². The van der Waals surface area contributed by atoms with Crippen LogP contribution in [0.2, 0.25) is 0 Å². The Kier molecular flexibility index (Phi) is 6.40. The smallest absolute Gasteiger partial charge is 0.240 e. The zero-order valence-electron chi connectivity index (χ0n) is 11.4. The Morgan fingerprint density at radius 3 is 2.28 bits per heavy atom. The van der Waals surface area contributed by atoms with Crippen molar-refractivity contribution >= 4 is 11.7 Å². The van der Waals surface area contributed by atoms with E-state index in [2.05, 4.69) is 6.92 Å². The van der Waals surface area contributed by atoms with Crippen LogP contribution in [-0.2, 0) is 4.79 Å². The molecule has 1 atom stereocenters. The van der Waals surface area contributed by atoms with Crippen molar-refractivity contribution in [2.24, 2.45) is 5.92 Å². The lowest BCUT2D eigenvalue weighted by molar-refractivity contribution is -0.121. The fourth-order valence-corrected chi connectivity index (χ4v) is 1.96. The topological polar surface area (TPSA) is 39.1 Å². The molecule has 0 radical (unpaired) electrons. The third-order valence-corrected chi connectivity index (χ3v) is 3.24. The summed E-state index contributed by atoms with van der Waals surface area (Å²) >= 11 is 0. The van der Waals surface area contributed by atoms with Crippen molar-refractivity contribution in [3.05, 3.63) is 24.5 Å². The maximum absolute atomic E-state index is 11.9. The number of Topliss-reactive ketones (excluding diaryl/α,β-unsaturated/α-hetero) is 1. The highest BCUT2D eigenvalue weighted by molar-refractivity contribution is 6.01. The Labute approximate surface area is 109 Å². The minimum absolute atomic E-state index is 0.0604. The van der Waals surface area contributed by atoms with Gasteiger partial charge in [0.25, 0.3) is 0 Å². The summed E-state index contributed by atoms with van der Waals surface area (Å²) < 4.78 is 1.49. The summed E-state index contributed by atoms with van der Waals surface area (Å²) in [4.78, 5) is 23.8. The molecule has 0 saturated heterocycles. The molecule has 18 heavy (non-hydrogen) atoms. The van der Waals surface area contributed by atoms with Crippen molar-refractivity contribution < 1.29 is 9.59 Å². The SMILES string of the molecule is CCCCCCCC(=O)[C@H](C)C(=O)n1cccc1. The number of carbonyl (C=O) groups is 2. The van der Waals surface area contributed by atoms with Crippen LogP contribution in [0.1, 0.15) is 57.2 Å². The molecule has 3 nitrogen and oxygen atoms in total. The Morgan fingerprint density at radius 2 is 1.67 bits per heavy atom. The number of nitrogens with zero attached hydrogens (tertiary/aromatic N) is 1. The average Bonchev–Trinajstić information content (AvgIpc) is 2.90. The number of aromatic nitrogens is 1. The quantitative estimate of drug-likeness (QED) is 0.520. The third kappa shape index (κ3) is 4.47. The fraction of sp³-hybridized carbons (Fsp3) is 0.600. The largest absolute Gasteiger partial charge is 0.299 e. The number of carbonyl (C=O) groups excluding carboxylic acids is 2. The molecule has 0 bridgehead atoms. The second-order valence-electron chi connectivity index (χ2n) is 4.78. The van der Waals surface area contributed by atoms with E-state index in [1.54, 1.807) is 31.5 Å². The molecule has 1 rings (SSSR count). The van der Waals surface area contributed by atoms with Crippen LogP contribution in [-0.4, -0.2) is 16.3 Å². The van der Waals surface area contributed by atoms with Gasteiger partial charge in [-0.25, -0.2) is 0 Å². The summed E-state index contributed by atoms with van der Waals surface area (Å²) in [5, 5.41) is 0. The molecule has 1 aromatic rings. The van der Waals surface area contributed by atoms with Crippen LogP contribution in [0.15, 0.2) is 24.5 Å². The molecule has 0 N–H and O–H groups in total. The van der Waals surface area contributed by atoms with E-state index in [0.29, 0.717) is 6.42 Å². The molecule has 100 valence electrons. The molecule has 1 heterocycles. The van der Waals surface area contributed by atoms with E-state index in [9.17, 15) is 9.59 Å². The average molecular weight is 249 g/mol. The lowest BCUT2D eigenvalue weighted by Crippen LogP contribution is -2.25. The maximum atomic E-state index is 11.9. The predicted octanol–water partition coefficient (Wildman–Crippen LogP) is 3.69. The van der Waals surface area contributed by atoms with Gasteiger partial charge in [-0.3, -0.25) is 14.2 Å². The second kappa shape index (κ2) is 7.85. The highest BCUT2D eigenvalue weighted by atomic mass is 16.2. The van der Waals surface area contributed by atoms with E-state index >= 15 is 0 Å². The molecule has 0 aliphatic rings. The van der Waals surface area contributed by atoms with Crippen LogP contribution >= 0.6 is 0 Å². The van der Waals surface area contributed by atoms with Crippen molar-refractivity contribution in [3.63, 3.8) is 0 Å². The molecule has 0 unspecified atom stereocenters. The zero-order chi connectivity index (χ0) is 13.4. The van der Waals surface area contributed by atoms with E-state index in [4.69, 9.17) is 0 Å². The summed E-state index contributed by atoms with van der Waals surface area (Å²) in [6.07, 6.45) is 9.51. The highest BCUT2D eigenvalue weighted by Gasteiger charge is 2.21. The van der Waals surface area contributed by atoms with Crippen LogP contribution in [0, 0.1) is 5.92 Å². The number of ketones is 1. The van der Waals surface area contributed by atoms with Crippen molar-refractivity contribution in [1.29, 1.82) is 0 Å². The Hall–Kier alpha value is -1.38. The highest BCUT2D eigenvalue weighted by Crippen LogP contribution is 2.11. The van der Waals surface area contributed by atoms with Crippen LogP contribution in [0.4, 0.5) is 0 Å². The first-order valence-corrected chi connectivity index (χ1v) is 6.86. The standard InChI is InChI=1S/C15H23NO2/c1-3-4-5-6-7-10-14(17)13(2)15(18)16-11-8-9-12-16/h8-9,11-13H,3-7,10H2,1-2H3/t13-/m0/s1. The molecule has 0 saturated carbocycles. The second-order valence-corrected chi connectivity index (χ2v) is 4.78. The van der Waals surface area contributed by atoms with Gasteiger partial charge in [-0.2, -0.15) is 0 Å². The van der Waals surface area contributed by atoms with Crippen molar-refractivity contribution in [1.82, 2.24) is 4.57 Å². The Balaban J connectivity index is 2.31. The monoisotopic (exact) mass is 249 g/mol. The molecule has 0 amide bonds. The minimum atomic E-state index is -0.524. The first-order chi connectivity index (χ1) is 8.66. The van der Waals surface area contributed by atoms with Gasteiger partial charge in [0.15, 0.2) is 0 Å². The molecular weight excluding hydrogens is 226 g/mol. The molecule has 0 aromatic carbocycles. The zero-order valence-corrected chi connectivity index (χ0v) is 11.4. The molecule has 0 fully saturated rings. The summed E-state index contributed by atoms with van der Waals surface area (Å²) in [6, 6.07) is 3.58. The van der Waals surface area contributed by atoms with Crippen LogP contribution in [0.25, 0.3) is 0 Å². The van der Waals surface area contributed by atoms with E-state index in [1.807, 2.05) is 0 Å². The number of unbranched alkanes of at least 4 members (excludes halogenated alkanes) is 4. The van der Waals surface area contributed by atoms with Gasteiger partial charge in [0.2, 0.25) is 5.91 Å². The molecule has 0 spiro atoms. The lowest BCUT2D eigenvalue weighted by Gasteiger charge is -2.10.